The maximum absolute atomic E-state index is 7.72. The van der Waals surface area contributed by atoms with Crippen molar-refractivity contribution in [3.63, 3.8) is 0 Å². The molecular formula is C46H49NO3S. The smallest absolute Gasteiger partial charge is 0.178 e. The molecule has 1 spiro atoms. The predicted octanol–water partition coefficient (Wildman–Crippen LogP) is 11.5. The van der Waals surface area contributed by atoms with Gasteiger partial charge in [0.2, 0.25) is 0 Å². The van der Waals surface area contributed by atoms with Crippen LogP contribution in [0.5, 0.6) is 17.2 Å². The molecule has 0 bridgehead atoms. The Labute approximate surface area is 307 Å². The Hall–Kier alpha value is -4.35. The summed E-state index contributed by atoms with van der Waals surface area (Å²) < 4.78 is 18.9. The SMILES string of the molecule is COc1ccc(C2(c3ccc(OC)cc3)C=Cc3c4c(c5cc(N(C)C)c(SC)cc5c3O2)-c2ccccc2C42CC(C)(C)CC(C)(C)C2)cc1. The second-order valence-corrected chi connectivity index (χ2v) is 17.4. The maximum Gasteiger partial charge on any atom is 0.178 e. The largest absolute Gasteiger partial charge is 0.497 e. The number of hydrogen-bond acceptors (Lipinski definition) is 5. The third-order valence-electron chi connectivity index (χ3n) is 11.6. The quantitative estimate of drug-likeness (QED) is 0.165. The van der Waals surface area contributed by atoms with Crippen LogP contribution in [0.25, 0.3) is 28.0 Å². The van der Waals surface area contributed by atoms with Crippen molar-refractivity contribution >= 4 is 34.3 Å². The zero-order valence-corrected chi connectivity index (χ0v) is 32.3. The molecule has 0 unspecified atom stereocenters. The summed E-state index contributed by atoms with van der Waals surface area (Å²) in [4.78, 5) is 3.48. The van der Waals surface area contributed by atoms with E-state index in [4.69, 9.17) is 14.2 Å². The summed E-state index contributed by atoms with van der Waals surface area (Å²) in [6.07, 6.45) is 10.2. The van der Waals surface area contributed by atoms with Crippen molar-refractivity contribution in [3.05, 3.63) is 119 Å². The number of methoxy groups -OCH3 is 2. The van der Waals surface area contributed by atoms with E-state index in [9.17, 15) is 0 Å². The molecule has 5 heteroatoms. The minimum absolute atomic E-state index is 0.153. The standard InChI is InChI=1S/C46H49NO3S/c1-43(2)26-44(3,4)28-45(27-43)37-13-11-10-12-33(37)40-35-24-38(47(5)6)39(51-9)25-36(35)42-34(41(40)45)22-23-46(50-42,29-14-18-31(48-7)19-15-29)30-16-20-32(49-8)21-17-30/h10-25H,26-28H2,1-9H3. The summed E-state index contributed by atoms with van der Waals surface area (Å²) in [5.41, 5.74) is 9.44. The molecule has 0 saturated heterocycles. The number of nitrogens with zero attached hydrogens (tertiary/aromatic N) is 1. The molecule has 262 valence electrons. The normalized spacial score (nSPS) is 18.5. The van der Waals surface area contributed by atoms with Gasteiger partial charge in [0.05, 0.1) is 19.9 Å². The van der Waals surface area contributed by atoms with E-state index in [1.807, 2.05) is 24.3 Å². The van der Waals surface area contributed by atoms with Crippen LogP contribution >= 0.6 is 11.8 Å². The van der Waals surface area contributed by atoms with Gasteiger partial charge in [-0.25, -0.2) is 0 Å². The fourth-order valence-electron chi connectivity index (χ4n) is 10.3. The summed E-state index contributed by atoms with van der Waals surface area (Å²) in [6.45, 7) is 9.90. The van der Waals surface area contributed by atoms with Crippen molar-refractivity contribution in [2.75, 3.05) is 39.5 Å². The molecule has 8 rings (SSSR count). The van der Waals surface area contributed by atoms with Gasteiger partial charge in [-0.3, -0.25) is 0 Å². The average molecular weight is 696 g/mol. The van der Waals surface area contributed by atoms with Gasteiger partial charge in [-0.2, -0.15) is 0 Å². The molecular weight excluding hydrogens is 647 g/mol. The van der Waals surface area contributed by atoms with Gasteiger partial charge < -0.3 is 19.1 Å². The minimum atomic E-state index is -0.879. The summed E-state index contributed by atoms with van der Waals surface area (Å²) in [7, 11) is 7.72. The Balaban J connectivity index is 1.50. The Morgan fingerprint density at radius 1 is 0.725 bits per heavy atom. The van der Waals surface area contributed by atoms with Crippen LogP contribution < -0.4 is 19.1 Å². The highest BCUT2D eigenvalue weighted by atomic mass is 32.2. The van der Waals surface area contributed by atoms with E-state index in [1.165, 1.54) is 50.2 Å². The van der Waals surface area contributed by atoms with Crippen molar-refractivity contribution in [1.82, 2.24) is 0 Å². The summed E-state index contributed by atoms with van der Waals surface area (Å²) in [5.74, 6) is 2.58. The predicted molar refractivity (Wildman–Crippen MR) is 214 cm³/mol. The molecule has 0 atom stereocenters. The van der Waals surface area contributed by atoms with Crippen LogP contribution in [0.2, 0.25) is 0 Å². The Morgan fingerprint density at radius 2 is 1.31 bits per heavy atom. The van der Waals surface area contributed by atoms with Crippen molar-refractivity contribution in [2.24, 2.45) is 10.8 Å². The Bertz CT molecular complexity index is 2130. The summed E-state index contributed by atoms with van der Waals surface area (Å²) in [5, 5.41) is 2.40. The van der Waals surface area contributed by atoms with Crippen LogP contribution in [-0.2, 0) is 11.0 Å². The second kappa shape index (κ2) is 11.8. The number of fused-ring (bicyclic) bond motifs is 10. The molecule has 1 heterocycles. The molecule has 0 radical (unpaired) electrons. The molecule has 1 aliphatic heterocycles. The lowest BCUT2D eigenvalue weighted by Crippen LogP contribution is -2.44. The molecule has 2 aliphatic carbocycles. The monoisotopic (exact) mass is 695 g/mol. The van der Waals surface area contributed by atoms with Gasteiger partial charge in [-0.1, -0.05) is 82.3 Å². The molecule has 4 nitrogen and oxygen atoms in total. The lowest BCUT2D eigenvalue weighted by Gasteiger charge is -2.52. The summed E-state index contributed by atoms with van der Waals surface area (Å²) >= 11 is 1.79. The Kier molecular flexibility index (Phi) is 7.85. The van der Waals surface area contributed by atoms with E-state index >= 15 is 0 Å². The van der Waals surface area contributed by atoms with Crippen LogP contribution in [0, 0.1) is 10.8 Å². The second-order valence-electron chi connectivity index (χ2n) is 16.6. The fourth-order valence-corrected chi connectivity index (χ4v) is 11.0. The molecule has 1 fully saturated rings. The average Bonchev–Trinajstić information content (AvgIpc) is 3.38. The number of benzene rings is 5. The van der Waals surface area contributed by atoms with Gasteiger partial charge in [-0.15, -0.1) is 11.8 Å². The summed E-state index contributed by atoms with van der Waals surface area (Å²) in [6, 6.07) is 30.7. The van der Waals surface area contributed by atoms with Gasteiger partial charge in [-0.05, 0) is 106 Å². The molecule has 51 heavy (non-hydrogen) atoms. The number of anilines is 1. The van der Waals surface area contributed by atoms with Crippen LogP contribution in [0.3, 0.4) is 0 Å². The first kappa shape index (κ1) is 33.8. The van der Waals surface area contributed by atoms with E-state index in [2.05, 4.69) is 126 Å². The molecule has 3 aliphatic rings. The number of rotatable bonds is 6. The zero-order chi connectivity index (χ0) is 35.9. The molecule has 5 aromatic carbocycles. The van der Waals surface area contributed by atoms with Gasteiger partial charge >= 0.3 is 0 Å². The van der Waals surface area contributed by atoms with Gasteiger partial charge in [0.25, 0.3) is 0 Å². The lowest BCUT2D eigenvalue weighted by atomic mass is 9.52. The van der Waals surface area contributed by atoms with Crippen molar-refractivity contribution in [2.45, 2.75) is 62.9 Å². The third kappa shape index (κ3) is 5.17. The number of thioether (sulfide) groups is 1. The molecule has 5 aromatic rings. The van der Waals surface area contributed by atoms with E-state index in [-0.39, 0.29) is 16.2 Å². The molecule has 0 aromatic heterocycles. The van der Waals surface area contributed by atoms with Crippen LogP contribution in [0.4, 0.5) is 5.69 Å². The first-order valence-electron chi connectivity index (χ1n) is 18.0. The van der Waals surface area contributed by atoms with Gasteiger partial charge in [0.1, 0.15) is 17.2 Å². The van der Waals surface area contributed by atoms with Crippen LogP contribution in [-0.4, -0.2) is 34.6 Å². The van der Waals surface area contributed by atoms with Crippen molar-refractivity contribution in [3.8, 4) is 28.4 Å². The minimum Gasteiger partial charge on any atom is -0.497 e. The topological polar surface area (TPSA) is 30.9 Å². The number of ether oxygens (including phenoxy) is 3. The highest BCUT2D eigenvalue weighted by molar-refractivity contribution is 7.98. The third-order valence-corrected chi connectivity index (χ3v) is 12.3. The highest BCUT2D eigenvalue weighted by Gasteiger charge is 2.55. The highest BCUT2D eigenvalue weighted by Crippen LogP contribution is 2.67. The van der Waals surface area contributed by atoms with Gasteiger partial charge in [0.15, 0.2) is 5.60 Å². The zero-order valence-electron chi connectivity index (χ0n) is 31.4. The number of hydrogen-bond donors (Lipinski definition) is 0. The van der Waals surface area contributed by atoms with Gasteiger partial charge in [0, 0.05) is 46.5 Å². The van der Waals surface area contributed by atoms with E-state index in [1.54, 1.807) is 26.0 Å². The maximum atomic E-state index is 7.72. The Morgan fingerprint density at radius 3 is 1.86 bits per heavy atom. The van der Waals surface area contributed by atoms with E-state index in [0.717, 1.165) is 46.6 Å². The molecule has 0 amide bonds. The first-order chi connectivity index (χ1) is 24.3. The van der Waals surface area contributed by atoms with Crippen molar-refractivity contribution < 1.29 is 14.2 Å². The molecule has 1 saturated carbocycles. The van der Waals surface area contributed by atoms with Crippen molar-refractivity contribution in [1.29, 1.82) is 0 Å². The fraction of sp³-hybridized carbons (Fsp3) is 0.348. The first-order valence-corrected chi connectivity index (χ1v) is 19.2. The van der Waals surface area contributed by atoms with Crippen LogP contribution in [0.1, 0.15) is 74.8 Å². The lowest BCUT2D eigenvalue weighted by molar-refractivity contribution is 0.0642. The van der Waals surface area contributed by atoms with Crippen LogP contribution in [0.15, 0.2) is 95.9 Å². The van der Waals surface area contributed by atoms with E-state index < -0.39 is 5.60 Å². The van der Waals surface area contributed by atoms with E-state index in [0.29, 0.717) is 0 Å². The molecule has 0 N–H and O–H groups in total.